The van der Waals surface area contributed by atoms with E-state index in [9.17, 15) is 0 Å². The topological polar surface area (TPSA) is 26.2 Å². The Morgan fingerprint density at radius 2 is 1.02 bits per heavy atom. The van der Waals surface area contributed by atoms with Crippen LogP contribution < -0.4 is 10.1 Å². The maximum absolute atomic E-state index is 6.20. The van der Waals surface area contributed by atoms with Gasteiger partial charge in [-0.25, -0.2) is 0 Å². The molecule has 192 valence electrons. The summed E-state index contributed by atoms with van der Waals surface area (Å²) < 4.78 is 8.51. The van der Waals surface area contributed by atoms with Gasteiger partial charge in [-0.1, -0.05) is 78.9 Å². The summed E-state index contributed by atoms with van der Waals surface area (Å²) in [6, 6.07) is 50.4. The molecular weight excluding hydrogens is 488 g/mol. The summed E-state index contributed by atoms with van der Waals surface area (Å²) in [7, 11) is 0. The molecule has 0 spiro atoms. The SMILES string of the molecule is Cc1ccccc1-c1ccccc1Nc1ccc(Oc2ccc(-n3c4ccccc4c4ccccc43)cc2)cc1. The number of benzene rings is 6. The number of nitrogens with one attached hydrogen (secondary N) is 1. The minimum atomic E-state index is 0.794. The fourth-order valence-corrected chi connectivity index (χ4v) is 5.46. The Balaban J connectivity index is 1.11. The molecule has 7 aromatic rings. The summed E-state index contributed by atoms with van der Waals surface area (Å²) in [5.74, 6) is 1.59. The van der Waals surface area contributed by atoms with Crippen molar-refractivity contribution in [2.75, 3.05) is 5.32 Å². The highest BCUT2D eigenvalue weighted by molar-refractivity contribution is 6.09. The second kappa shape index (κ2) is 10.1. The quantitative estimate of drug-likeness (QED) is 0.238. The van der Waals surface area contributed by atoms with Crippen LogP contribution in [0.2, 0.25) is 0 Å². The molecule has 0 fully saturated rings. The Morgan fingerprint density at radius 3 is 1.68 bits per heavy atom. The summed E-state index contributed by atoms with van der Waals surface area (Å²) >= 11 is 0. The van der Waals surface area contributed by atoms with E-state index >= 15 is 0 Å². The van der Waals surface area contributed by atoms with Crippen LogP contribution in [0.4, 0.5) is 11.4 Å². The lowest BCUT2D eigenvalue weighted by Crippen LogP contribution is -1.95. The Morgan fingerprint density at radius 1 is 0.500 bits per heavy atom. The molecule has 1 heterocycles. The predicted molar refractivity (Wildman–Crippen MR) is 167 cm³/mol. The molecule has 0 amide bonds. The van der Waals surface area contributed by atoms with Crippen molar-refractivity contribution < 1.29 is 4.74 Å². The molecule has 0 aliphatic rings. The molecule has 3 nitrogen and oxygen atoms in total. The van der Waals surface area contributed by atoms with Crippen molar-refractivity contribution in [3.63, 3.8) is 0 Å². The van der Waals surface area contributed by atoms with Crippen LogP contribution in [-0.2, 0) is 0 Å². The number of para-hydroxylation sites is 3. The molecule has 0 saturated heterocycles. The van der Waals surface area contributed by atoms with Crippen LogP contribution >= 0.6 is 0 Å². The van der Waals surface area contributed by atoms with Gasteiger partial charge in [-0.3, -0.25) is 0 Å². The largest absolute Gasteiger partial charge is 0.457 e. The number of ether oxygens (including phenoxy) is 1. The predicted octanol–water partition coefficient (Wildman–Crippen LogP) is 10.3. The molecule has 0 aliphatic heterocycles. The lowest BCUT2D eigenvalue weighted by Gasteiger charge is -2.14. The number of fused-ring (bicyclic) bond motifs is 3. The van der Waals surface area contributed by atoms with Gasteiger partial charge < -0.3 is 14.6 Å². The summed E-state index contributed by atoms with van der Waals surface area (Å²) in [6.07, 6.45) is 0. The minimum absolute atomic E-state index is 0.794. The third-order valence-electron chi connectivity index (χ3n) is 7.41. The Labute approximate surface area is 233 Å². The molecule has 0 unspecified atom stereocenters. The van der Waals surface area contributed by atoms with Gasteiger partial charge in [-0.2, -0.15) is 0 Å². The van der Waals surface area contributed by atoms with E-state index in [0.29, 0.717) is 0 Å². The molecule has 6 aromatic carbocycles. The van der Waals surface area contributed by atoms with E-state index in [1.54, 1.807) is 0 Å². The standard InChI is InChI=1S/C37H28N2O/c1-26-10-2-3-11-31(26)32-12-4-7-15-35(32)38-27-18-22-29(23-19-27)40-30-24-20-28(21-25-30)39-36-16-8-5-13-33(36)34-14-6-9-17-37(34)39/h2-25,38H,1H3. The zero-order valence-electron chi connectivity index (χ0n) is 22.2. The molecule has 7 rings (SSSR count). The first-order chi connectivity index (χ1) is 19.7. The molecule has 3 heteroatoms. The van der Waals surface area contributed by atoms with E-state index < -0.39 is 0 Å². The van der Waals surface area contributed by atoms with E-state index in [1.165, 1.54) is 38.5 Å². The van der Waals surface area contributed by atoms with E-state index in [0.717, 1.165) is 28.6 Å². The van der Waals surface area contributed by atoms with Crippen LogP contribution in [0.25, 0.3) is 38.6 Å². The fraction of sp³-hybridized carbons (Fsp3) is 0.0270. The summed E-state index contributed by atoms with van der Waals surface area (Å²) in [5, 5.41) is 6.10. The van der Waals surface area contributed by atoms with Crippen molar-refractivity contribution in [2.24, 2.45) is 0 Å². The molecule has 40 heavy (non-hydrogen) atoms. The second-order valence-electron chi connectivity index (χ2n) is 9.98. The number of aryl methyl sites for hydroxylation is 1. The average Bonchev–Trinajstić information content (AvgIpc) is 3.34. The van der Waals surface area contributed by atoms with Crippen LogP contribution in [0.15, 0.2) is 146 Å². The highest BCUT2D eigenvalue weighted by atomic mass is 16.5. The molecular formula is C37H28N2O. The molecule has 1 N–H and O–H groups in total. The van der Waals surface area contributed by atoms with E-state index in [2.05, 4.69) is 138 Å². The van der Waals surface area contributed by atoms with Crippen molar-refractivity contribution in [2.45, 2.75) is 6.92 Å². The molecule has 0 aliphatic carbocycles. The second-order valence-corrected chi connectivity index (χ2v) is 9.98. The Bertz CT molecular complexity index is 1900. The average molecular weight is 517 g/mol. The highest BCUT2D eigenvalue weighted by Crippen LogP contribution is 2.34. The van der Waals surface area contributed by atoms with E-state index in [-0.39, 0.29) is 0 Å². The van der Waals surface area contributed by atoms with Crippen LogP contribution in [0.3, 0.4) is 0 Å². The number of nitrogens with zero attached hydrogens (tertiary/aromatic N) is 1. The van der Waals surface area contributed by atoms with Crippen LogP contribution in [0, 0.1) is 6.92 Å². The van der Waals surface area contributed by atoms with Gasteiger partial charge >= 0.3 is 0 Å². The van der Waals surface area contributed by atoms with Crippen molar-refractivity contribution in [3.8, 4) is 28.3 Å². The maximum atomic E-state index is 6.20. The third-order valence-corrected chi connectivity index (χ3v) is 7.41. The first kappa shape index (κ1) is 23.8. The number of hydrogen-bond donors (Lipinski definition) is 1. The van der Waals surface area contributed by atoms with Gasteiger partial charge in [0.1, 0.15) is 11.5 Å². The van der Waals surface area contributed by atoms with Crippen LogP contribution in [0.5, 0.6) is 11.5 Å². The Hall–Kier alpha value is -5.28. The molecule has 0 radical (unpaired) electrons. The number of anilines is 2. The van der Waals surface area contributed by atoms with Crippen LogP contribution in [-0.4, -0.2) is 4.57 Å². The van der Waals surface area contributed by atoms with Crippen molar-refractivity contribution in [1.82, 2.24) is 4.57 Å². The molecule has 1 aromatic heterocycles. The molecule has 0 atom stereocenters. The zero-order valence-corrected chi connectivity index (χ0v) is 22.2. The number of aromatic nitrogens is 1. The van der Waals surface area contributed by atoms with Gasteiger partial charge in [0.05, 0.1) is 11.0 Å². The normalized spacial score (nSPS) is 11.1. The van der Waals surface area contributed by atoms with Crippen LogP contribution in [0.1, 0.15) is 5.56 Å². The summed E-state index contributed by atoms with van der Waals surface area (Å²) in [6.45, 7) is 2.15. The van der Waals surface area contributed by atoms with Gasteiger partial charge in [0.2, 0.25) is 0 Å². The van der Waals surface area contributed by atoms with Gasteiger partial charge in [0.15, 0.2) is 0 Å². The summed E-state index contributed by atoms with van der Waals surface area (Å²) in [5.41, 5.74) is 9.26. The lowest BCUT2D eigenvalue weighted by atomic mass is 9.99. The zero-order chi connectivity index (χ0) is 26.9. The minimum Gasteiger partial charge on any atom is -0.457 e. The third kappa shape index (κ3) is 4.38. The fourth-order valence-electron chi connectivity index (χ4n) is 5.46. The summed E-state index contributed by atoms with van der Waals surface area (Å²) in [4.78, 5) is 0. The number of rotatable bonds is 6. The van der Waals surface area contributed by atoms with Crippen molar-refractivity contribution in [1.29, 1.82) is 0 Å². The first-order valence-corrected chi connectivity index (χ1v) is 13.5. The lowest BCUT2D eigenvalue weighted by molar-refractivity contribution is 0.482. The Kier molecular flexibility index (Phi) is 6.02. The van der Waals surface area contributed by atoms with Gasteiger partial charge in [-0.05, 0) is 84.8 Å². The smallest absolute Gasteiger partial charge is 0.127 e. The van der Waals surface area contributed by atoms with Crippen molar-refractivity contribution >= 4 is 33.2 Å². The monoisotopic (exact) mass is 516 g/mol. The maximum Gasteiger partial charge on any atom is 0.127 e. The van der Waals surface area contributed by atoms with Gasteiger partial charge in [0.25, 0.3) is 0 Å². The van der Waals surface area contributed by atoms with E-state index in [4.69, 9.17) is 4.74 Å². The molecule has 0 bridgehead atoms. The number of hydrogen-bond acceptors (Lipinski definition) is 2. The van der Waals surface area contributed by atoms with Gasteiger partial charge in [0, 0.05) is 33.4 Å². The first-order valence-electron chi connectivity index (χ1n) is 13.5. The highest BCUT2D eigenvalue weighted by Gasteiger charge is 2.12. The van der Waals surface area contributed by atoms with Gasteiger partial charge in [-0.15, -0.1) is 0 Å². The van der Waals surface area contributed by atoms with Crippen molar-refractivity contribution in [3.05, 3.63) is 151 Å². The molecule has 0 saturated carbocycles. The van der Waals surface area contributed by atoms with E-state index in [1.807, 2.05) is 24.3 Å².